The van der Waals surface area contributed by atoms with Gasteiger partial charge in [0.1, 0.15) is 0 Å². The zero-order valence-corrected chi connectivity index (χ0v) is 13.7. The third kappa shape index (κ3) is 3.35. The van der Waals surface area contributed by atoms with Crippen molar-refractivity contribution in [1.29, 1.82) is 0 Å². The van der Waals surface area contributed by atoms with Gasteiger partial charge in [-0.1, -0.05) is 20.8 Å². The van der Waals surface area contributed by atoms with Crippen molar-refractivity contribution in [2.24, 2.45) is 11.3 Å². The number of amides is 1. The van der Waals surface area contributed by atoms with E-state index in [2.05, 4.69) is 20.8 Å². The molecule has 0 aromatic rings. The molecule has 2 fully saturated rings. The Morgan fingerprint density at radius 2 is 2.00 bits per heavy atom. The molecule has 2 aliphatic heterocycles. The Balaban J connectivity index is 1.98. The molecule has 2 unspecified atom stereocenters. The van der Waals surface area contributed by atoms with E-state index in [1.807, 2.05) is 4.90 Å². The third-order valence-corrected chi connectivity index (χ3v) is 7.01. The fourth-order valence-corrected chi connectivity index (χ4v) is 5.37. The monoisotopic (exact) mass is 301 g/mol. The molecule has 0 spiro atoms. The number of hydrogen-bond acceptors (Lipinski definition) is 3. The van der Waals surface area contributed by atoms with Gasteiger partial charge in [0.25, 0.3) is 0 Å². The van der Waals surface area contributed by atoms with Gasteiger partial charge >= 0.3 is 0 Å². The molecule has 0 aromatic heterocycles. The molecular weight excluding hydrogens is 274 g/mol. The molecule has 2 aliphatic rings. The SMILES string of the molecule is CCC(C)(C)C1CCCN1C(=O)CC1CCS(=O)(=O)C1. The van der Waals surface area contributed by atoms with Crippen LogP contribution in [0.1, 0.15) is 52.9 Å². The van der Waals surface area contributed by atoms with Crippen LogP contribution in [0, 0.1) is 11.3 Å². The van der Waals surface area contributed by atoms with Crippen LogP contribution in [0.2, 0.25) is 0 Å². The number of rotatable bonds is 4. The first-order chi connectivity index (χ1) is 9.25. The third-order valence-electron chi connectivity index (χ3n) is 5.18. The normalized spacial score (nSPS) is 29.9. The predicted octanol–water partition coefficient (Wildman–Crippen LogP) is 2.24. The van der Waals surface area contributed by atoms with E-state index in [0.717, 1.165) is 25.8 Å². The van der Waals surface area contributed by atoms with Crippen LogP contribution in [0.4, 0.5) is 0 Å². The minimum Gasteiger partial charge on any atom is -0.339 e. The number of likely N-dealkylation sites (tertiary alicyclic amines) is 1. The molecule has 0 bridgehead atoms. The molecule has 2 rings (SSSR count). The summed E-state index contributed by atoms with van der Waals surface area (Å²) in [6, 6.07) is 0.318. The predicted molar refractivity (Wildman–Crippen MR) is 80.2 cm³/mol. The first-order valence-electron chi connectivity index (χ1n) is 7.75. The molecule has 4 nitrogen and oxygen atoms in total. The second-order valence-electron chi connectivity index (χ2n) is 7.06. The smallest absolute Gasteiger partial charge is 0.223 e. The Hall–Kier alpha value is -0.580. The highest BCUT2D eigenvalue weighted by molar-refractivity contribution is 7.91. The molecule has 0 saturated carbocycles. The van der Waals surface area contributed by atoms with Gasteiger partial charge in [0.05, 0.1) is 11.5 Å². The summed E-state index contributed by atoms with van der Waals surface area (Å²) in [6.07, 6.45) is 4.27. The van der Waals surface area contributed by atoms with Gasteiger partial charge in [0.15, 0.2) is 9.84 Å². The van der Waals surface area contributed by atoms with Gasteiger partial charge in [-0.25, -0.2) is 8.42 Å². The molecule has 116 valence electrons. The topological polar surface area (TPSA) is 54.5 Å². The lowest BCUT2D eigenvalue weighted by molar-refractivity contribution is -0.135. The van der Waals surface area contributed by atoms with E-state index in [0.29, 0.717) is 18.9 Å². The average molecular weight is 301 g/mol. The summed E-state index contributed by atoms with van der Waals surface area (Å²) in [6.45, 7) is 7.46. The Kier molecular flexibility index (Phi) is 4.47. The molecule has 0 N–H and O–H groups in total. The lowest BCUT2D eigenvalue weighted by atomic mass is 9.80. The van der Waals surface area contributed by atoms with E-state index < -0.39 is 9.84 Å². The van der Waals surface area contributed by atoms with Gasteiger partial charge in [-0.05, 0) is 37.0 Å². The second kappa shape index (κ2) is 5.66. The van der Waals surface area contributed by atoms with E-state index in [4.69, 9.17) is 0 Å². The zero-order chi connectivity index (χ0) is 15.0. The van der Waals surface area contributed by atoms with Crippen molar-refractivity contribution >= 4 is 15.7 Å². The van der Waals surface area contributed by atoms with Crippen molar-refractivity contribution in [1.82, 2.24) is 4.90 Å². The van der Waals surface area contributed by atoms with Gasteiger partial charge in [-0.2, -0.15) is 0 Å². The van der Waals surface area contributed by atoms with Crippen LogP contribution < -0.4 is 0 Å². The number of nitrogens with zero attached hydrogens (tertiary/aromatic N) is 1. The highest BCUT2D eigenvalue weighted by Gasteiger charge is 2.39. The van der Waals surface area contributed by atoms with Crippen molar-refractivity contribution in [3.8, 4) is 0 Å². The van der Waals surface area contributed by atoms with E-state index in [9.17, 15) is 13.2 Å². The van der Waals surface area contributed by atoms with Crippen LogP contribution in [0.15, 0.2) is 0 Å². The van der Waals surface area contributed by atoms with Crippen LogP contribution >= 0.6 is 0 Å². The number of carbonyl (C=O) groups excluding carboxylic acids is 1. The molecule has 2 saturated heterocycles. The van der Waals surface area contributed by atoms with Gasteiger partial charge in [-0.15, -0.1) is 0 Å². The maximum absolute atomic E-state index is 12.5. The Morgan fingerprint density at radius 1 is 1.30 bits per heavy atom. The largest absolute Gasteiger partial charge is 0.339 e. The van der Waals surface area contributed by atoms with E-state index in [1.165, 1.54) is 0 Å². The van der Waals surface area contributed by atoms with Gasteiger partial charge in [-0.3, -0.25) is 4.79 Å². The summed E-state index contributed by atoms with van der Waals surface area (Å²) in [5.74, 6) is 0.665. The van der Waals surface area contributed by atoms with Crippen molar-refractivity contribution in [3.63, 3.8) is 0 Å². The second-order valence-corrected chi connectivity index (χ2v) is 9.29. The van der Waals surface area contributed by atoms with Crippen molar-refractivity contribution < 1.29 is 13.2 Å². The Labute approximate surface area is 122 Å². The van der Waals surface area contributed by atoms with Gasteiger partial charge in [0, 0.05) is 19.0 Å². The summed E-state index contributed by atoms with van der Waals surface area (Å²) < 4.78 is 23.0. The van der Waals surface area contributed by atoms with Crippen LogP contribution in [0.5, 0.6) is 0 Å². The fourth-order valence-electron chi connectivity index (χ4n) is 3.51. The molecule has 1 amide bonds. The highest BCUT2D eigenvalue weighted by Crippen LogP contribution is 2.36. The van der Waals surface area contributed by atoms with Gasteiger partial charge in [0.2, 0.25) is 5.91 Å². The maximum atomic E-state index is 12.5. The summed E-state index contributed by atoms with van der Waals surface area (Å²) in [5, 5.41) is 0. The standard InChI is InChI=1S/C15H27NO3S/c1-4-15(2,3)13-6-5-8-16(13)14(17)10-12-7-9-20(18,19)11-12/h12-13H,4-11H2,1-3H3. The summed E-state index contributed by atoms with van der Waals surface area (Å²) >= 11 is 0. The number of sulfone groups is 1. The molecule has 0 aliphatic carbocycles. The molecule has 0 radical (unpaired) electrons. The fraction of sp³-hybridized carbons (Fsp3) is 0.933. The molecule has 2 atom stereocenters. The molecular formula is C15H27NO3S. The lowest BCUT2D eigenvalue weighted by Crippen LogP contribution is -2.44. The molecule has 0 aromatic carbocycles. The Bertz CT molecular complexity index is 470. The summed E-state index contributed by atoms with van der Waals surface area (Å²) in [7, 11) is -2.88. The van der Waals surface area contributed by atoms with E-state index in [-0.39, 0.29) is 28.7 Å². The highest BCUT2D eigenvalue weighted by atomic mass is 32.2. The van der Waals surface area contributed by atoms with E-state index in [1.54, 1.807) is 0 Å². The van der Waals surface area contributed by atoms with Crippen LogP contribution in [-0.2, 0) is 14.6 Å². The minimum absolute atomic E-state index is 0.0403. The quantitative estimate of drug-likeness (QED) is 0.800. The number of hydrogen-bond donors (Lipinski definition) is 0. The lowest BCUT2D eigenvalue weighted by Gasteiger charge is -2.37. The first kappa shape index (κ1) is 15.8. The molecule has 20 heavy (non-hydrogen) atoms. The average Bonchev–Trinajstić information content (AvgIpc) is 2.96. The van der Waals surface area contributed by atoms with Crippen LogP contribution in [0.25, 0.3) is 0 Å². The summed E-state index contributed by atoms with van der Waals surface area (Å²) in [4.78, 5) is 14.5. The van der Waals surface area contributed by atoms with Crippen molar-refractivity contribution in [3.05, 3.63) is 0 Å². The zero-order valence-electron chi connectivity index (χ0n) is 12.9. The Morgan fingerprint density at radius 3 is 2.55 bits per heavy atom. The molecule has 2 heterocycles. The maximum Gasteiger partial charge on any atom is 0.223 e. The van der Waals surface area contributed by atoms with Crippen LogP contribution in [0.3, 0.4) is 0 Å². The van der Waals surface area contributed by atoms with Crippen molar-refractivity contribution in [2.75, 3.05) is 18.1 Å². The molecule has 5 heteroatoms. The minimum atomic E-state index is -2.88. The number of carbonyl (C=O) groups is 1. The van der Waals surface area contributed by atoms with Crippen molar-refractivity contribution in [2.45, 2.75) is 58.9 Å². The first-order valence-corrected chi connectivity index (χ1v) is 9.57. The summed E-state index contributed by atoms with van der Waals surface area (Å²) in [5.41, 5.74) is 0.147. The van der Waals surface area contributed by atoms with Gasteiger partial charge < -0.3 is 4.90 Å². The van der Waals surface area contributed by atoms with Crippen LogP contribution in [-0.4, -0.2) is 43.3 Å². The van der Waals surface area contributed by atoms with E-state index >= 15 is 0 Å².